The first kappa shape index (κ1) is 42.4. The lowest BCUT2D eigenvalue weighted by Crippen LogP contribution is -2.43. The van der Waals surface area contributed by atoms with Crippen LogP contribution in [0.15, 0.2) is 30.6 Å². The number of nitriles is 1. The third-order valence-corrected chi connectivity index (χ3v) is 20.1. The molecule has 2 atom stereocenters. The van der Waals surface area contributed by atoms with Gasteiger partial charge in [-0.3, -0.25) is 0 Å². The Morgan fingerprint density at radius 2 is 1.72 bits per heavy atom. The third-order valence-electron chi connectivity index (χ3n) is 13.8. The molecule has 320 valence electrons. The quantitative estimate of drug-likeness (QED) is 0.0702. The highest BCUT2D eigenvalue weighted by Crippen LogP contribution is 2.48. The van der Waals surface area contributed by atoms with E-state index in [0.29, 0.717) is 101 Å². The van der Waals surface area contributed by atoms with Gasteiger partial charge in [-0.2, -0.15) is 10.2 Å². The molecule has 60 heavy (non-hydrogen) atoms. The maximum atomic E-state index is 16.3. The predicted octanol–water partition coefficient (Wildman–Crippen LogP) is 8.16. The van der Waals surface area contributed by atoms with Crippen LogP contribution in [0.5, 0.6) is 11.6 Å². The fraction of sp³-hybridized carbons (Fsp3) is 0.596. The van der Waals surface area contributed by atoms with Gasteiger partial charge in [0.05, 0.1) is 43.8 Å². The van der Waals surface area contributed by atoms with Gasteiger partial charge in [-0.15, -0.1) is 5.54 Å². The van der Waals surface area contributed by atoms with Crippen molar-refractivity contribution in [2.45, 2.75) is 84.0 Å². The Hall–Kier alpha value is -4.24. The molecule has 1 aliphatic carbocycles. The number of imidazole rings is 1. The molecule has 4 aliphatic rings. The van der Waals surface area contributed by atoms with Crippen molar-refractivity contribution in [2.24, 2.45) is 17.3 Å². The van der Waals surface area contributed by atoms with Crippen molar-refractivity contribution < 1.29 is 28.1 Å². The van der Waals surface area contributed by atoms with Gasteiger partial charge in [-0.1, -0.05) is 53.5 Å². The molecule has 0 amide bonds. The van der Waals surface area contributed by atoms with Crippen LogP contribution in [0.25, 0.3) is 21.8 Å². The van der Waals surface area contributed by atoms with Crippen LogP contribution in [0.1, 0.15) is 77.5 Å². The molecule has 1 saturated carbocycles. The summed E-state index contributed by atoms with van der Waals surface area (Å²) in [5.74, 6) is 5.94. The predicted molar refractivity (Wildman–Crippen MR) is 235 cm³/mol. The molecule has 0 N–H and O–H groups in total. The summed E-state index contributed by atoms with van der Waals surface area (Å²) >= 11 is 0. The Labute approximate surface area is 355 Å². The lowest BCUT2D eigenvalue weighted by molar-refractivity contribution is 0.0512. The molecule has 4 fully saturated rings. The van der Waals surface area contributed by atoms with E-state index in [1.54, 1.807) is 19.5 Å². The fourth-order valence-corrected chi connectivity index (χ4v) is 15.7. The monoisotopic (exact) mass is 836 g/mol. The molecule has 2 unspecified atom stereocenters. The zero-order valence-electron chi connectivity index (χ0n) is 36.5. The minimum absolute atomic E-state index is 0.0563. The van der Waals surface area contributed by atoms with Gasteiger partial charge in [0.2, 0.25) is 5.88 Å². The molecule has 0 spiro atoms. The largest absolute Gasteiger partial charge is 0.475 e. The number of hydrogen-bond donors (Lipinski definition) is 0. The third kappa shape index (κ3) is 8.24. The topological polar surface area (TPSA) is 107 Å². The number of likely N-dealkylation sites (tertiary alicyclic amines) is 1. The molecular weight excluding hydrogens is 776 g/mol. The molecule has 5 heterocycles. The van der Waals surface area contributed by atoms with Crippen molar-refractivity contribution >= 4 is 35.7 Å². The summed E-state index contributed by atoms with van der Waals surface area (Å²) in [6.45, 7) is 21.8. The van der Waals surface area contributed by atoms with Crippen molar-refractivity contribution in [3.05, 3.63) is 53.1 Å². The van der Waals surface area contributed by atoms with E-state index >= 15 is 4.39 Å². The molecule has 0 radical (unpaired) electrons. The normalized spacial score (nSPS) is 20.5. The van der Waals surface area contributed by atoms with Crippen LogP contribution in [-0.2, 0) is 20.8 Å². The summed E-state index contributed by atoms with van der Waals surface area (Å²) in [4.78, 5) is 14.8. The first-order chi connectivity index (χ1) is 29.0. The van der Waals surface area contributed by atoms with E-state index in [2.05, 4.69) is 68.9 Å². The number of nitrogens with zero attached hydrogens (tertiary/aromatic N) is 6. The Bertz CT molecular complexity index is 2270. The maximum Gasteiger partial charge on any atom is 0.244 e. The smallest absolute Gasteiger partial charge is 0.244 e. The average Bonchev–Trinajstić information content (AvgIpc) is 3.56. The number of anilines is 1. The number of aromatic nitrogens is 3. The van der Waals surface area contributed by atoms with Gasteiger partial charge >= 0.3 is 0 Å². The van der Waals surface area contributed by atoms with Gasteiger partial charge in [0.1, 0.15) is 31.3 Å². The SMILES string of the molecule is COCOc1cc(Cn2cnc3c(OCC4(CN5CC6COCC6C5)CC4)nc(N4CCCOCC4)c(C#N)c32)c2c(C#C[Si](C(C)C)(C(C)C)C(C)C)c(F)ccc2c1. The number of rotatable bonds is 14. The standard InChI is InChI=1S/C47H61FN6O5Si/c1-31(2)60(32(3)4,33(5)6)18-11-39-41(48)10-9-34-19-38(59-30-55-7)20-35(42(34)39)24-54-29-50-43-44(54)40(21-49)45(53-14-8-16-56-17-15-53)51-46(43)58-28-47(12-13-47)27-52-22-36-25-57-26-37(36)23-52/h9-10,19-20,29,31-33,36-37H,8,12-17,22-28,30H2,1-7H3. The highest BCUT2D eigenvalue weighted by atomic mass is 28.3. The van der Waals surface area contributed by atoms with Crippen LogP contribution >= 0.6 is 0 Å². The van der Waals surface area contributed by atoms with Crippen LogP contribution in [-0.4, -0.2) is 107 Å². The van der Waals surface area contributed by atoms with Crippen molar-refractivity contribution in [3.8, 4) is 29.2 Å². The number of benzene rings is 2. The first-order valence-corrected chi connectivity index (χ1v) is 24.1. The highest BCUT2D eigenvalue weighted by Gasteiger charge is 2.48. The summed E-state index contributed by atoms with van der Waals surface area (Å²) in [5, 5.41) is 12.5. The molecule has 2 aromatic carbocycles. The van der Waals surface area contributed by atoms with E-state index in [9.17, 15) is 5.26 Å². The summed E-state index contributed by atoms with van der Waals surface area (Å²) in [5.41, 5.74) is 7.75. The summed E-state index contributed by atoms with van der Waals surface area (Å²) in [7, 11) is -0.624. The van der Waals surface area contributed by atoms with Crippen molar-refractivity contribution in [3.63, 3.8) is 0 Å². The summed E-state index contributed by atoms with van der Waals surface area (Å²) in [6.07, 6.45) is 4.77. The Morgan fingerprint density at radius 1 is 0.967 bits per heavy atom. The minimum atomic E-state index is -2.21. The second kappa shape index (κ2) is 17.6. The lowest BCUT2D eigenvalue weighted by atomic mass is 9.98. The van der Waals surface area contributed by atoms with Crippen LogP contribution in [0.2, 0.25) is 16.6 Å². The van der Waals surface area contributed by atoms with Gasteiger partial charge in [0.15, 0.2) is 18.1 Å². The summed E-state index contributed by atoms with van der Waals surface area (Å²) in [6, 6.07) is 9.65. The number of hydrogen-bond acceptors (Lipinski definition) is 10. The van der Waals surface area contributed by atoms with E-state index in [1.165, 1.54) is 6.07 Å². The molecule has 11 nitrogen and oxygen atoms in total. The maximum absolute atomic E-state index is 16.3. The van der Waals surface area contributed by atoms with Crippen molar-refractivity contribution in [1.29, 1.82) is 5.26 Å². The molecule has 3 saturated heterocycles. The highest BCUT2D eigenvalue weighted by molar-refractivity contribution is 6.90. The Morgan fingerprint density at radius 3 is 2.40 bits per heavy atom. The molecule has 2 aromatic heterocycles. The average molecular weight is 837 g/mol. The number of fused-ring (bicyclic) bond motifs is 3. The van der Waals surface area contributed by atoms with E-state index in [4.69, 9.17) is 33.7 Å². The molecule has 8 rings (SSSR count). The second-order valence-electron chi connectivity index (χ2n) is 18.6. The molecule has 0 bridgehead atoms. The number of methoxy groups -OCH3 is 1. The van der Waals surface area contributed by atoms with E-state index in [1.807, 2.05) is 16.7 Å². The van der Waals surface area contributed by atoms with Crippen molar-refractivity contribution in [2.75, 3.05) is 84.6 Å². The number of halogens is 1. The number of pyridine rings is 1. The fourth-order valence-electron chi connectivity index (χ4n) is 10.5. The van der Waals surface area contributed by atoms with Crippen LogP contribution in [0.3, 0.4) is 0 Å². The zero-order chi connectivity index (χ0) is 42.2. The molecule has 4 aromatic rings. The second-order valence-corrected chi connectivity index (χ2v) is 24.2. The molecule has 3 aliphatic heterocycles. The minimum Gasteiger partial charge on any atom is -0.475 e. The Balaban J connectivity index is 1.22. The van der Waals surface area contributed by atoms with Gasteiger partial charge in [-0.05, 0) is 65.0 Å². The molecule has 13 heteroatoms. The van der Waals surface area contributed by atoms with E-state index in [0.717, 1.165) is 68.4 Å². The van der Waals surface area contributed by atoms with Gasteiger partial charge in [0, 0.05) is 75.6 Å². The first-order valence-electron chi connectivity index (χ1n) is 21.9. The zero-order valence-corrected chi connectivity index (χ0v) is 37.5. The van der Waals surface area contributed by atoms with Gasteiger partial charge in [0.25, 0.3) is 0 Å². The van der Waals surface area contributed by atoms with Gasteiger partial charge < -0.3 is 38.1 Å². The summed E-state index contributed by atoms with van der Waals surface area (Å²) < 4.78 is 47.9. The number of ether oxygens (including phenoxy) is 5. The van der Waals surface area contributed by atoms with Crippen LogP contribution in [0, 0.1) is 45.9 Å². The lowest BCUT2D eigenvalue weighted by Gasteiger charge is -2.38. The van der Waals surface area contributed by atoms with Crippen LogP contribution < -0.4 is 14.4 Å². The van der Waals surface area contributed by atoms with Gasteiger partial charge in [-0.25, -0.2) is 9.37 Å². The Kier molecular flexibility index (Phi) is 12.5. The van der Waals surface area contributed by atoms with E-state index in [-0.39, 0.29) is 24.6 Å². The van der Waals surface area contributed by atoms with Crippen molar-refractivity contribution in [1.82, 2.24) is 19.4 Å². The van der Waals surface area contributed by atoms with Crippen LogP contribution in [0.4, 0.5) is 10.2 Å². The molecular formula is C47H61FN6O5Si. The van der Waals surface area contributed by atoms with E-state index < -0.39 is 8.07 Å².